The van der Waals surface area contributed by atoms with E-state index >= 15 is 0 Å². The van der Waals surface area contributed by atoms with Gasteiger partial charge in [0, 0.05) is 65.7 Å². The molecule has 9 aromatic rings. The maximum Gasteiger partial charge on any atom is 0.139 e. The Kier molecular flexibility index (Phi) is 10.2. The SMILES string of the molecule is C[Si](C)(C)c1cccc2c1oc1cc3oc4c([Si](C)(C)C)cccc4c3c(-c3ccnc(-c4[c-]cccc4)c3)c12.Cc1ccc(-c2[c-]cccc2)nc1.[Ir]. The Hall–Kier alpha value is -4.92. The van der Waals surface area contributed by atoms with Gasteiger partial charge in [-0.25, -0.2) is 0 Å². The molecule has 0 aliphatic heterocycles. The Labute approximate surface area is 332 Å². The minimum Gasteiger partial charge on any atom is -0.456 e. The van der Waals surface area contributed by atoms with Gasteiger partial charge >= 0.3 is 0 Å². The smallest absolute Gasteiger partial charge is 0.139 e. The number of para-hydroxylation sites is 2. The first-order valence-corrected chi connectivity index (χ1v) is 25.1. The van der Waals surface area contributed by atoms with Gasteiger partial charge in [-0.3, -0.25) is 0 Å². The summed E-state index contributed by atoms with van der Waals surface area (Å²) < 4.78 is 13.5. The summed E-state index contributed by atoms with van der Waals surface area (Å²) in [4.78, 5) is 9.04. The van der Waals surface area contributed by atoms with E-state index in [4.69, 9.17) is 13.8 Å². The summed E-state index contributed by atoms with van der Waals surface area (Å²) in [6.07, 6.45) is 3.78. The molecule has 271 valence electrons. The molecule has 0 saturated carbocycles. The third kappa shape index (κ3) is 7.05. The van der Waals surface area contributed by atoms with Gasteiger partial charge in [0.2, 0.25) is 0 Å². The van der Waals surface area contributed by atoms with Crippen LogP contribution >= 0.6 is 0 Å². The van der Waals surface area contributed by atoms with Gasteiger partial charge in [0.1, 0.15) is 22.3 Å². The quantitative estimate of drug-likeness (QED) is 0.127. The van der Waals surface area contributed by atoms with Gasteiger partial charge in [-0.1, -0.05) is 93.9 Å². The molecule has 4 aromatic heterocycles. The van der Waals surface area contributed by atoms with Crippen LogP contribution in [0.25, 0.3) is 77.5 Å². The van der Waals surface area contributed by atoms with Crippen LogP contribution in [0.5, 0.6) is 0 Å². The molecule has 0 saturated heterocycles. The van der Waals surface area contributed by atoms with Gasteiger partial charge in [0.15, 0.2) is 0 Å². The number of nitrogens with zero attached hydrogens (tertiary/aromatic N) is 2. The van der Waals surface area contributed by atoms with Gasteiger partial charge in [-0.2, -0.15) is 0 Å². The molecule has 9 rings (SSSR count). The molecule has 7 heteroatoms. The monoisotopic (exact) mass is 915 g/mol. The van der Waals surface area contributed by atoms with Gasteiger partial charge < -0.3 is 18.8 Å². The van der Waals surface area contributed by atoms with Gasteiger partial charge in [-0.05, 0) is 45.9 Å². The second-order valence-electron chi connectivity index (χ2n) is 15.8. The minimum absolute atomic E-state index is 0. The molecule has 0 aliphatic rings. The van der Waals surface area contributed by atoms with E-state index in [2.05, 4.69) is 123 Å². The van der Waals surface area contributed by atoms with E-state index in [0.717, 1.165) is 77.5 Å². The Bertz CT molecular complexity index is 2640. The van der Waals surface area contributed by atoms with Crippen molar-refractivity contribution < 1.29 is 28.9 Å². The fourth-order valence-electron chi connectivity index (χ4n) is 7.17. The average Bonchev–Trinajstić information content (AvgIpc) is 3.72. The first-order chi connectivity index (χ1) is 25.5. The second-order valence-corrected chi connectivity index (χ2v) is 25.8. The standard InChI is InChI=1S/C35H32NO2Si2.C12H10N.Ir/c1-39(2,3)29-16-10-14-24-32-27(37-34(24)29)21-28-33(25-15-11-17-30(35(25)38-28)40(4,5)6)31(32)23-18-19-36-26(20-23)22-12-8-7-9-13-22;1-10-7-8-12(13-9-10)11-5-3-2-4-6-11;/h7-12,14-21H,1-6H3;2-5,7-9H,1H3;/q2*-1;. The van der Waals surface area contributed by atoms with Crippen LogP contribution < -0.4 is 10.4 Å². The van der Waals surface area contributed by atoms with Crippen LogP contribution in [0.15, 0.2) is 136 Å². The van der Waals surface area contributed by atoms with Crippen LogP contribution in [0.2, 0.25) is 39.3 Å². The number of hydrogen-bond acceptors (Lipinski definition) is 4. The molecule has 1 radical (unpaired) electrons. The molecule has 0 spiro atoms. The first kappa shape index (κ1) is 37.4. The summed E-state index contributed by atoms with van der Waals surface area (Å²) in [5.41, 5.74) is 11.0. The number of fused-ring (bicyclic) bond motifs is 6. The Balaban J connectivity index is 0.000000272. The molecule has 0 N–H and O–H groups in total. The maximum atomic E-state index is 6.75. The summed E-state index contributed by atoms with van der Waals surface area (Å²) >= 11 is 0. The van der Waals surface area contributed by atoms with E-state index in [1.165, 1.54) is 15.9 Å². The molecule has 4 nitrogen and oxygen atoms in total. The summed E-state index contributed by atoms with van der Waals surface area (Å²) in [5, 5.41) is 7.27. The van der Waals surface area contributed by atoms with Crippen molar-refractivity contribution in [3.63, 3.8) is 0 Å². The molecule has 5 aromatic carbocycles. The maximum absolute atomic E-state index is 6.75. The second kappa shape index (κ2) is 14.7. The van der Waals surface area contributed by atoms with E-state index in [1.54, 1.807) is 0 Å². The van der Waals surface area contributed by atoms with E-state index < -0.39 is 16.1 Å². The van der Waals surface area contributed by atoms with Gasteiger partial charge in [-0.15, -0.1) is 71.8 Å². The summed E-state index contributed by atoms with van der Waals surface area (Å²) in [6, 6.07) is 46.1. The van der Waals surface area contributed by atoms with Gasteiger partial charge in [0.05, 0.1) is 16.1 Å². The Morgan fingerprint density at radius 3 is 1.59 bits per heavy atom. The van der Waals surface area contributed by atoms with Crippen LogP contribution in [0, 0.1) is 19.1 Å². The van der Waals surface area contributed by atoms with Crippen molar-refractivity contribution in [2.45, 2.75) is 46.2 Å². The third-order valence-electron chi connectivity index (χ3n) is 9.79. The molecular formula is C47H42IrN2O2Si2-2. The molecule has 0 atom stereocenters. The zero-order valence-corrected chi connectivity index (χ0v) is 36.1. The van der Waals surface area contributed by atoms with E-state index in [9.17, 15) is 0 Å². The molecule has 0 amide bonds. The number of aromatic nitrogens is 2. The zero-order valence-electron chi connectivity index (χ0n) is 31.7. The van der Waals surface area contributed by atoms with Crippen LogP contribution in [-0.4, -0.2) is 26.1 Å². The van der Waals surface area contributed by atoms with Crippen molar-refractivity contribution in [3.8, 4) is 33.6 Å². The number of furan rings is 2. The Morgan fingerprint density at radius 2 is 1.11 bits per heavy atom. The number of benzene rings is 5. The fraction of sp³-hybridized carbons (Fsp3) is 0.149. The molecular weight excluding hydrogens is 873 g/mol. The van der Waals surface area contributed by atoms with Crippen molar-refractivity contribution in [2.24, 2.45) is 0 Å². The number of aryl methyl sites for hydroxylation is 1. The zero-order chi connectivity index (χ0) is 36.9. The molecule has 0 unspecified atom stereocenters. The van der Waals surface area contributed by atoms with Crippen molar-refractivity contribution >= 4 is 70.4 Å². The largest absolute Gasteiger partial charge is 0.456 e. The third-order valence-corrected chi connectivity index (χ3v) is 13.8. The summed E-state index contributed by atoms with van der Waals surface area (Å²) in [7, 11) is -3.31. The van der Waals surface area contributed by atoms with Crippen molar-refractivity contribution in [1.82, 2.24) is 9.97 Å². The normalized spacial score (nSPS) is 11.8. The summed E-state index contributed by atoms with van der Waals surface area (Å²) in [6.45, 7) is 16.3. The Morgan fingerprint density at radius 1 is 0.556 bits per heavy atom. The predicted molar refractivity (Wildman–Crippen MR) is 228 cm³/mol. The molecule has 0 fully saturated rings. The molecule has 0 aliphatic carbocycles. The van der Waals surface area contributed by atoms with Crippen LogP contribution in [0.1, 0.15) is 5.56 Å². The van der Waals surface area contributed by atoms with Crippen LogP contribution in [0.4, 0.5) is 0 Å². The topological polar surface area (TPSA) is 52.1 Å². The number of rotatable bonds is 5. The van der Waals surface area contributed by atoms with Gasteiger partial charge in [0.25, 0.3) is 0 Å². The molecule has 4 heterocycles. The minimum atomic E-state index is -1.65. The predicted octanol–water partition coefficient (Wildman–Crippen LogP) is 12.0. The number of pyridine rings is 2. The van der Waals surface area contributed by atoms with Crippen molar-refractivity contribution in [1.29, 1.82) is 0 Å². The van der Waals surface area contributed by atoms with E-state index in [-0.39, 0.29) is 20.1 Å². The average molecular weight is 915 g/mol. The molecule has 0 bridgehead atoms. The fourth-order valence-corrected chi connectivity index (χ4v) is 10.1. The van der Waals surface area contributed by atoms with Crippen LogP contribution in [-0.2, 0) is 20.1 Å². The van der Waals surface area contributed by atoms with Crippen LogP contribution in [0.3, 0.4) is 0 Å². The van der Waals surface area contributed by atoms with E-state index in [0.29, 0.717) is 0 Å². The van der Waals surface area contributed by atoms with Crippen molar-refractivity contribution in [3.05, 3.63) is 145 Å². The van der Waals surface area contributed by atoms with Crippen molar-refractivity contribution in [2.75, 3.05) is 0 Å². The number of hydrogen-bond donors (Lipinski definition) is 0. The summed E-state index contributed by atoms with van der Waals surface area (Å²) in [5.74, 6) is 0. The molecule has 54 heavy (non-hydrogen) atoms. The first-order valence-electron chi connectivity index (χ1n) is 18.1. The van der Waals surface area contributed by atoms with E-state index in [1.807, 2.05) is 67.8 Å².